The lowest BCUT2D eigenvalue weighted by atomic mass is 10.0. The number of hydrogen-bond acceptors (Lipinski definition) is 4. The lowest BCUT2D eigenvalue weighted by Gasteiger charge is -2.06. The second-order valence-electron chi connectivity index (χ2n) is 10.6. The summed E-state index contributed by atoms with van der Waals surface area (Å²) in [5, 5.41) is 4.40. The molecule has 0 atom stereocenters. The predicted octanol–water partition coefficient (Wildman–Crippen LogP) is 10.4. The monoisotopic (exact) mass is 514 g/mol. The number of rotatable bonds is 16. The van der Waals surface area contributed by atoms with E-state index in [2.05, 4.69) is 50.2 Å². The highest BCUT2D eigenvalue weighted by Crippen LogP contribution is 2.39. The Bertz CT molecular complexity index is 1350. The molecule has 4 heteroatoms. The lowest BCUT2D eigenvalue weighted by molar-refractivity contribution is 0.127. The number of hydrogen-bond donors (Lipinski definition) is 0. The molecular formula is C34H42O4. The molecule has 202 valence electrons. The van der Waals surface area contributed by atoms with Crippen LogP contribution in [0.3, 0.4) is 0 Å². The first-order valence-corrected chi connectivity index (χ1v) is 14.8. The Kier molecular flexibility index (Phi) is 9.24. The van der Waals surface area contributed by atoms with Crippen LogP contribution in [0.25, 0.3) is 43.9 Å². The summed E-state index contributed by atoms with van der Waals surface area (Å²) in [5.74, 6) is 0.902. The number of aryl methyl sites for hydroxylation is 1. The van der Waals surface area contributed by atoms with E-state index in [1.165, 1.54) is 44.1 Å². The van der Waals surface area contributed by atoms with Crippen molar-refractivity contribution in [2.45, 2.75) is 84.5 Å². The molecule has 2 aromatic heterocycles. The summed E-state index contributed by atoms with van der Waals surface area (Å²) in [5.41, 5.74) is 4.74. The number of ether oxygens (including phenoxy) is 2. The van der Waals surface area contributed by atoms with E-state index in [4.69, 9.17) is 18.3 Å². The zero-order chi connectivity index (χ0) is 26.2. The Balaban J connectivity index is 1.29. The van der Waals surface area contributed by atoms with Crippen molar-refractivity contribution in [2.75, 3.05) is 19.8 Å². The van der Waals surface area contributed by atoms with Crippen molar-refractivity contribution < 1.29 is 18.3 Å². The highest BCUT2D eigenvalue weighted by molar-refractivity contribution is 6.19. The molecule has 2 heterocycles. The Hall–Kier alpha value is -2.98. The van der Waals surface area contributed by atoms with Crippen LogP contribution in [-0.4, -0.2) is 19.8 Å². The molecule has 0 amide bonds. The summed E-state index contributed by atoms with van der Waals surface area (Å²) in [6.07, 6.45) is 13.2. The van der Waals surface area contributed by atoms with Crippen LogP contribution in [0.5, 0.6) is 5.75 Å². The summed E-state index contributed by atoms with van der Waals surface area (Å²) in [4.78, 5) is 0. The normalized spacial score (nSPS) is 11.9. The molecular weight excluding hydrogens is 472 g/mol. The van der Waals surface area contributed by atoms with Gasteiger partial charge in [0, 0.05) is 34.8 Å². The molecule has 0 spiro atoms. The summed E-state index contributed by atoms with van der Waals surface area (Å²) in [6.45, 7) is 6.94. The van der Waals surface area contributed by atoms with Crippen molar-refractivity contribution in [3.05, 3.63) is 54.1 Å². The van der Waals surface area contributed by atoms with Gasteiger partial charge in [-0.3, -0.25) is 0 Å². The third-order valence-electron chi connectivity index (χ3n) is 7.52. The molecule has 0 unspecified atom stereocenters. The van der Waals surface area contributed by atoms with Gasteiger partial charge in [0.2, 0.25) is 0 Å². The fraction of sp³-hybridized carbons (Fsp3) is 0.471. The van der Waals surface area contributed by atoms with Crippen molar-refractivity contribution in [1.82, 2.24) is 0 Å². The van der Waals surface area contributed by atoms with Crippen molar-refractivity contribution in [2.24, 2.45) is 0 Å². The smallest absolute Gasteiger partial charge is 0.178 e. The standard InChI is InChI=1S/C34H42O4/c1-3-5-7-8-9-11-22-36-26-15-19-32-30(24-26)28-17-16-27-29-23-25(13-10-12-21-35-20-6-4-2)14-18-31(29)37-33(27)34(28)38-32/h14-19,23-24H,3-13,20-22H2,1-2H3. The zero-order valence-electron chi connectivity index (χ0n) is 23.2. The summed E-state index contributed by atoms with van der Waals surface area (Å²) in [6, 6.07) is 17.0. The molecule has 0 radical (unpaired) electrons. The maximum absolute atomic E-state index is 6.34. The molecule has 4 nitrogen and oxygen atoms in total. The van der Waals surface area contributed by atoms with Gasteiger partial charge in [0.15, 0.2) is 11.2 Å². The van der Waals surface area contributed by atoms with Gasteiger partial charge in [0.05, 0.1) is 6.61 Å². The van der Waals surface area contributed by atoms with Crippen LogP contribution in [0.2, 0.25) is 0 Å². The van der Waals surface area contributed by atoms with Gasteiger partial charge in [-0.1, -0.05) is 58.4 Å². The second-order valence-corrected chi connectivity index (χ2v) is 10.6. The van der Waals surface area contributed by atoms with Crippen LogP contribution >= 0.6 is 0 Å². The minimum atomic E-state index is 0.759. The number of fused-ring (bicyclic) bond motifs is 7. The molecule has 5 rings (SSSR count). The van der Waals surface area contributed by atoms with Crippen molar-refractivity contribution in [3.8, 4) is 5.75 Å². The van der Waals surface area contributed by atoms with Gasteiger partial charge in [-0.2, -0.15) is 0 Å². The molecule has 0 fully saturated rings. The topological polar surface area (TPSA) is 44.7 Å². The molecule has 5 aromatic rings. The molecule has 0 saturated carbocycles. The molecule has 3 aromatic carbocycles. The Morgan fingerprint density at radius 1 is 0.553 bits per heavy atom. The van der Waals surface area contributed by atoms with E-state index in [1.54, 1.807) is 0 Å². The molecule has 0 saturated heterocycles. The summed E-state index contributed by atoms with van der Waals surface area (Å²) in [7, 11) is 0. The highest BCUT2D eigenvalue weighted by Gasteiger charge is 2.16. The quantitative estimate of drug-likeness (QED) is 0.123. The van der Waals surface area contributed by atoms with Crippen LogP contribution < -0.4 is 4.74 Å². The number of benzene rings is 3. The fourth-order valence-electron chi connectivity index (χ4n) is 5.29. The second kappa shape index (κ2) is 13.2. The van der Waals surface area contributed by atoms with Crippen LogP contribution in [0.1, 0.15) is 83.6 Å². The molecule has 38 heavy (non-hydrogen) atoms. The van der Waals surface area contributed by atoms with E-state index in [0.717, 1.165) is 102 Å². The minimum absolute atomic E-state index is 0.759. The van der Waals surface area contributed by atoms with E-state index in [9.17, 15) is 0 Å². The van der Waals surface area contributed by atoms with Gasteiger partial charge < -0.3 is 18.3 Å². The average molecular weight is 515 g/mol. The maximum Gasteiger partial charge on any atom is 0.178 e. The zero-order valence-corrected chi connectivity index (χ0v) is 23.2. The fourth-order valence-corrected chi connectivity index (χ4v) is 5.29. The largest absolute Gasteiger partial charge is 0.494 e. The van der Waals surface area contributed by atoms with Crippen molar-refractivity contribution in [1.29, 1.82) is 0 Å². The van der Waals surface area contributed by atoms with Crippen LogP contribution in [0.4, 0.5) is 0 Å². The molecule has 0 bridgehead atoms. The Morgan fingerprint density at radius 3 is 1.95 bits per heavy atom. The van der Waals surface area contributed by atoms with Gasteiger partial charge in [0.1, 0.15) is 16.9 Å². The van der Waals surface area contributed by atoms with E-state index >= 15 is 0 Å². The first-order chi connectivity index (χ1) is 18.8. The van der Waals surface area contributed by atoms with Gasteiger partial charge in [0.25, 0.3) is 0 Å². The molecule has 0 aliphatic carbocycles. The van der Waals surface area contributed by atoms with Gasteiger partial charge in [-0.05, 0) is 80.1 Å². The number of unbranched alkanes of at least 4 members (excludes halogenated alkanes) is 7. The van der Waals surface area contributed by atoms with Crippen molar-refractivity contribution in [3.63, 3.8) is 0 Å². The first kappa shape index (κ1) is 26.6. The maximum atomic E-state index is 6.34. The van der Waals surface area contributed by atoms with Gasteiger partial charge >= 0.3 is 0 Å². The van der Waals surface area contributed by atoms with E-state index < -0.39 is 0 Å². The third kappa shape index (κ3) is 6.18. The Morgan fingerprint density at radius 2 is 1.18 bits per heavy atom. The molecule has 0 aliphatic rings. The Labute approximate surface area is 226 Å². The molecule has 0 aliphatic heterocycles. The van der Waals surface area contributed by atoms with Crippen LogP contribution in [-0.2, 0) is 11.2 Å². The first-order valence-electron chi connectivity index (χ1n) is 14.8. The third-order valence-corrected chi connectivity index (χ3v) is 7.52. The van der Waals surface area contributed by atoms with E-state index in [-0.39, 0.29) is 0 Å². The lowest BCUT2D eigenvalue weighted by Crippen LogP contribution is -1.97. The van der Waals surface area contributed by atoms with E-state index in [0.29, 0.717) is 0 Å². The van der Waals surface area contributed by atoms with Crippen molar-refractivity contribution >= 4 is 43.9 Å². The molecule has 0 N–H and O–H groups in total. The summed E-state index contributed by atoms with van der Waals surface area (Å²) < 4.78 is 24.4. The average Bonchev–Trinajstić information content (AvgIpc) is 3.50. The minimum Gasteiger partial charge on any atom is -0.494 e. The van der Waals surface area contributed by atoms with Crippen LogP contribution in [0, 0.1) is 0 Å². The van der Waals surface area contributed by atoms with Gasteiger partial charge in [-0.25, -0.2) is 0 Å². The highest BCUT2D eigenvalue weighted by atomic mass is 16.5. The summed E-state index contributed by atoms with van der Waals surface area (Å²) >= 11 is 0. The predicted molar refractivity (Wildman–Crippen MR) is 159 cm³/mol. The van der Waals surface area contributed by atoms with Gasteiger partial charge in [-0.15, -0.1) is 0 Å². The number of furan rings is 2. The van der Waals surface area contributed by atoms with Crippen LogP contribution in [0.15, 0.2) is 57.4 Å². The SMILES string of the molecule is CCCCCCCCOc1ccc2oc3c(ccc4c5cc(CCCCOCCCC)ccc5oc43)c2c1. The van der Waals surface area contributed by atoms with E-state index in [1.807, 2.05) is 12.1 Å².